The van der Waals surface area contributed by atoms with Crippen molar-refractivity contribution < 1.29 is 5.11 Å². The van der Waals surface area contributed by atoms with Crippen LogP contribution < -0.4 is 0 Å². The van der Waals surface area contributed by atoms with Crippen LogP contribution in [-0.2, 0) is 0 Å². The molecule has 17 heavy (non-hydrogen) atoms. The summed E-state index contributed by atoms with van der Waals surface area (Å²) >= 11 is 0. The monoisotopic (exact) mass is 238 g/mol. The van der Waals surface area contributed by atoms with Gasteiger partial charge in [0.2, 0.25) is 0 Å². The van der Waals surface area contributed by atoms with Gasteiger partial charge in [0.15, 0.2) is 0 Å². The lowest BCUT2D eigenvalue weighted by Gasteiger charge is -2.44. The first-order chi connectivity index (χ1) is 7.89. The predicted octanol–water partition coefficient (Wildman–Crippen LogP) is 4.39. The predicted molar refractivity (Wildman–Crippen MR) is 72.9 cm³/mol. The minimum absolute atomic E-state index is 0.337. The van der Waals surface area contributed by atoms with Gasteiger partial charge in [0, 0.05) is 0 Å². The molecule has 0 radical (unpaired) electrons. The van der Waals surface area contributed by atoms with Crippen molar-refractivity contribution in [2.45, 2.75) is 78.2 Å². The maximum Gasteiger partial charge on any atom is 0.0709 e. The summed E-state index contributed by atoms with van der Waals surface area (Å²) < 4.78 is 0. The third-order valence-electron chi connectivity index (χ3n) is 5.55. The van der Waals surface area contributed by atoms with Gasteiger partial charge in [0.25, 0.3) is 0 Å². The van der Waals surface area contributed by atoms with Crippen LogP contribution in [0.25, 0.3) is 0 Å². The number of hydrogen-bond acceptors (Lipinski definition) is 1. The lowest BCUT2D eigenvalue weighted by molar-refractivity contribution is -0.0850. The van der Waals surface area contributed by atoms with Crippen molar-refractivity contribution >= 4 is 0 Å². The third kappa shape index (κ3) is 2.41. The zero-order valence-corrected chi connectivity index (χ0v) is 12.1. The van der Waals surface area contributed by atoms with E-state index in [4.69, 9.17) is 0 Å². The van der Waals surface area contributed by atoms with Crippen molar-refractivity contribution in [3.63, 3.8) is 0 Å². The van der Waals surface area contributed by atoms with Crippen molar-refractivity contribution in [2.75, 3.05) is 0 Å². The zero-order chi connectivity index (χ0) is 12.7. The molecule has 2 fully saturated rings. The molecule has 2 saturated carbocycles. The Morgan fingerprint density at radius 2 is 1.82 bits per heavy atom. The van der Waals surface area contributed by atoms with E-state index >= 15 is 0 Å². The topological polar surface area (TPSA) is 20.2 Å². The van der Waals surface area contributed by atoms with Crippen molar-refractivity contribution in [3.05, 3.63) is 0 Å². The molecule has 0 saturated heterocycles. The fraction of sp³-hybridized carbons (Fsp3) is 1.00. The van der Waals surface area contributed by atoms with E-state index in [1.807, 2.05) is 0 Å². The van der Waals surface area contributed by atoms with Crippen molar-refractivity contribution in [1.29, 1.82) is 0 Å². The molecule has 4 unspecified atom stereocenters. The van der Waals surface area contributed by atoms with Crippen LogP contribution in [0.1, 0.15) is 72.6 Å². The lowest BCUT2D eigenvalue weighted by Crippen LogP contribution is -2.45. The zero-order valence-electron chi connectivity index (χ0n) is 12.1. The summed E-state index contributed by atoms with van der Waals surface area (Å²) in [5, 5.41) is 11.2. The van der Waals surface area contributed by atoms with Crippen LogP contribution in [0.2, 0.25) is 0 Å². The SMILES string of the molecule is CCC1CCCCC1C1(O)CC(C)(C)CC1C. The first-order valence-corrected chi connectivity index (χ1v) is 7.61. The van der Waals surface area contributed by atoms with E-state index < -0.39 is 0 Å². The summed E-state index contributed by atoms with van der Waals surface area (Å²) in [5.41, 5.74) is -0.0332. The van der Waals surface area contributed by atoms with Crippen LogP contribution in [0, 0.1) is 23.2 Å². The number of rotatable bonds is 2. The molecule has 4 atom stereocenters. The molecule has 0 spiro atoms. The van der Waals surface area contributed by atoms with E-state index in [-0.39, 0.29) is 5.60 Å². The fourth-order valence-electron chi connectivity index (χ4n) is 4.87. The number of hydrogen-bond donors (Lipinski definition) is 1. The highest BCUT2D eigenvalue weighted by molar-refractivity contribution is 5.04. The molecule has 0 aromatic carbocycles. The highest BCUT2D eigenvalue weighted by atomic mass is 16.3. The van der Waals surface area contributed by atoms with Gasteiger partial charge in [-0.25, -0.2) is 0 Å². The Morgan fingerprint density at radius 1 is 1.18 bits per heavy atom. The molecule has 0 bridgehead atoms. The van der Waals surface area contributed by atoms with Gasteiger partial charge in [-0.15, -0.1) is 0 Å². The summed E-state index contributed by atoms with van der Waals surface area (Å²) in [5.74, 6) is 1.82. The Morgan fingerprint density at radius 3 is 2.35 bits per heavy atom. The van der Waals surface area contributed by atoms with E-state index in [0.29, 0.717) is 17.3 Å². The quantitative estimate of drug-likeness (QED) is 0.756. The molecule has 1 nitrogen and oxygen atoms in total. The average Bonchev–Trinajstić information content (AvgIpc) is 2.48. The maximum atomic E-state index is 11.2. The molecule has 100 valence electrons. The molecule has 0 aromatic heterocycles. The van der Waals surface area contributed by atoms with Crippen molar-refractivity contribution in [1.82, 2.24) is 0 Å². The van der Waals surface area contributed by atoms with E-state index in [0.717, 1.165) is 12.3 Å². The molecule has 0 amide bonds. The third-order valence-corrected chi connectivity index (χ3v) is 5.55. The van der Waals surface area contributed by atoms with Gasteiger partial charge < -0.3 is 5.11 Å². The van der Waals surface area contributed by atoms with Gasteiger partial charge in [-0.2, -0.15) is 0 Å². The summed E-state index contributed by atoms with van der Waals surface area (Å²) in [7, 11) is 0. The average molecular weight is 238 g/mol. The fourth-order valence-corrected chi connectivity index (χ4v) is 4.87. The Labute approximate surface area is 107 Å². The highest BCUT2D eigenvalue weighted by Crippen LogP contribution is 2.55. The van der Waals surface area contributed by atoms with Crippen LogP contribution in [0.3, 0.4) is 0 Å². The highest BCUT2D eigenvalue weighted by Gasteiger charge is 2.53. The van der Waals surface area contributed by atoms with Gasteiger partial charge >= 0.3 is 0 Å². The Bertz CT molecular complexity index is 271. The molecular weight excluding hydrogens is 208 g/mol. The molecule has 2 aliphatic rings. The summed E-state index contributed by atoms with van der Waals surface area (Å²) in [4.78, 5) is 0. The molecule has 0 aliphatic heterocycles. The molecule has 1 heteroatoms. The molecule has 0 aromatic rings. The maximum absolute atomic E-state index is 11.2. The molecule has 2 rings (SSSR count). The minimum atomic E-state index is -0.370. The van der Waals surface area contributed by atoms with Crippen LogP contribution in [0.5, 0.6) is 0 Å². The second-order valence-corrected chi connectivity index (χ2v) is 7.50. The van der Waals surface area contributed by atoms with Gasteiger partial charge in [0.05, 0.1) is 5.60 Å². The summed E-state index contributed by atoms with van der Waals surface area (Å²) in [6, 6.07) is 0. The first kappa shape index (κ1) is 13.4. The molecular formula is C16H30O. The van der Waals surface area contributed by atoms with Crippen molar-refractivity contribution in [3.8, 4) is 0 Å². The van der Waals surface area contributed by atoms with Gasteiger partial charge in [-0.1, -0.05) is 53.4 Å². The van der Waals surface area contributed by atoms with Crippen LogP contribution in [-0.4, -0.2) is 10.7 Å². The van der Waals surface area contributed by atoms with Crippen LogP contribution >= 0.6 is 0 Å². The normalized spacial score (nSPS) is 46.1. The van der Waals surface area contributed by atoms with Gasteiger partial charge in [-0.3, -0.25) is 0 Å². The Hall–Kier alpha value is -0.0400. The van der Waals surface area contributed by atoms with E-state index in [2.05, 4.69) is 27.7 Å². The number of aliphatic hydroxyl groups is 1. The second-order valence-electron chi connectivity index (χ2n) is 7.50. The van der Waals surface area contributed by atoms with Gasteiger partial charge in [0.1, 0.15) is 0 Å². The standard InChI is InChI=1S/C16H30O/c1-5-13-8-6-7-9-14(13)16(17)11-15(3,4)10-12(16)2/h12-14,17H,5-11H2,1-4H3. The van der Waals surface area contributed by atoms with Crippen LogP contribution in [0.4, 0.5) is 0 Å². The largest absolute Gasteiger partial charge is 0.389 e. The molecule has 2 aliphatic carbocycles. The molecule has 0 heterocycles. The Balaban J connectivity index is 2.19. The smallest absolute Gasteiger partial charge is 0.0709 e. The Kier molecular flexibility index (Phi) is 3.60. The minimum Gasteiger partial charge on any atom is -0.389 e. The van der Waals surface area contributed by atoms with Gasteiger partial charge in [-0.05, 0) is 42.4 Å². The van der Waals surface area contributed by atoms with E-state index in [1.54, 1.807) is 0 Å². The van der Waals surface area contributed by atoms with Crippen molar-refractivity contribution in [2.24, 2.45) is 23.2 Å². The molecule has 1 N–H and O–H groups in total. The van der Waals surface area contributed by atoms with Crippen LogP contribution in [0.15, 0.2) is 0 Å². The second kappa shape index (κ2) is 4.57. The first-order valence-electron chi connectivity index (χ1n) is 7.61. The summed E-state index contributed by atoms with van der Waals surface area (Å²) in [6.07, 6.45) is 8.77. The van der Waals surface area contributed by atoms with E-state index in [1.165, 1.54) is 38.5 Å². The van der Waals surface area contributed by atoms with E-state index in [9.17, 15) is 5.11 Å². The summed E-state index contributed by atoms with van der Waals surface area (Å²) in [6.45, 7) is 9.23. The lowest BCUT2D eigenvalue weighted by atomic mass is 9.65.